The molecule has 0 spiro atoms. The third-order valence-corrected chi connectivity index (χ3v) is 3.95. The van der Waals surface area contributed by atoms with Gasteiger partial charge in [0, 0.05) is 16.7 Å². The summed E-state index contributed by atoms with van der Waals surface area (Å²) in [7, 11) is 0. The van der Waals surface area contributed by atoms with Gasteiger partial charge in [-0.15, -0.1) is 0 Å². The second-order valence-corrected chi connectivity index (χ2v) is 5.68. The van der Waals surface area contributed by atoms with Gasteiger partial charge in [-0.25, -0.2) is 15.0 Å². The van der Waals surface area contributed by atoms with Gasteiger partial charge in [-0.2, -0.15) is 0 Å². The second-order valence-electron chi connectivity index (χ2n) is 5.68. The number of hydrogen-bond acceptors (Lipinski definition) is 3. The monoisotopic (exact) mass is 311 g/mol. The Kier molecular flexibility index (Phi) is 3.98. The zero-order chi connectivity index (χ0) is 16.2. The average molecular weight is 311 g/mol. The Morgan fingerprint density at radius 1 is 0.583 bits per heavy atom. The van der Waals surface area contributed by atoms with E-state index in [4.69, 9.17) is 15.0 Å². The van der Waals surface area contributed by atoms with E-state index < -0.39 is 0 Å². The summed E-state index contributed by atoms with van der Waals surface area (Å²) in [5, 5.41) is 0. The molecule has 24 heavy (non-hydrogen) atoms. The highest BCUT2D eigenvalue weighted by Crippen LogP contribution is 2.24. The second kappa shape index (κ2) is 6.59. The first-order chi connectivity index (χ1) is 11.9. The molecule has 1 aliphatic carbocycles. The van der Waals surface area contributed by atoms with Gasteiger partial charge in [0.1, 0.15) is 0 Å². The molecule has 0 saturated carbocycles. The summed E-state index contributed by atoms with van der Waals surface area (Å²) in [5.41, 5.74) is 3.07. The quantitative estimate of drug-likeness (QED) is 0.687. The first kappa shape index (κ1) is 14.5. The highest BCUT2D eigenvalue weighted by Gasteiger charge is 2.12. The van der Waals surface area contributed by atoms with Crippen molar-refractivity contribution >= 4 is 5.57 Å². The van der Waals surface area contributed by atoms with E-state index in [0.29, 0.717) is 11.6 Å². The minimum Gasteiger partial charge on any atom is -0.208 e. The van der Waals surface area contributed by atoms with E-state index in [1.165, 1.54) is 0 Å². The molecule has 0 aliphatic heterocycles. The predicted octanol–water partition coefficient (Wildman–Crippen LogP) is 4.94. The molecule has 3 heteroatoms. The van der Waals surface area contributed by atoms with Crippen LogP contribution in [0.1, 0.15) is 18.7 Å². The molecule has 4 rings (SSSR count). The summed E-state index contributed by atoms with van der Waals surface area (Å²) in [6, 6.07) is 20.1. The Morgan fingerprint density at radius 3 is 1.62 bits per heavy atom. The predicted molar refractivity (Wildman–Crippen MR) is 97.1 cm³/mol. The van der Waals surface area contributed by atoms with Gasteiger partial charge in [0.25, 0.3) is 0 Å². The molecule has 0 fully saturated rings. The molecule has 1 aromatic heterocycles. The third-order valence-electron chi connectivity index (χ3n) is 3.95. The zero-order valence-corrected chi connectivity index (χ0v) is 13.3. The highest BCUT2D eigenvalue weighted by molar-refractivity contribution is 5.73. The minimum atomic E-state index is 0.708. The summed E-state index contributed by atoms with van der Waals surface area (Å²) >= 11 is 0. The molecule has 0 unspecified atom stereocenters. The van der Waals surface area contributed by atoms with Crippen molar-refractivity contribution in [2.75, 3.05) is 0 Å². The molecule has 3 nitrogen and oxygen atoms in total. The van der Waals surface area contributed by atoms with E-state index in [9.17, 15) is 0 Å². The molecule has 0 radical (unpaired) electrons. The number of benzene rings is 2. The minimum absolute atomic E-state index is 0.708. The molecule has 116 valence electrons. The van der Waals surface area contributed by atoms with Crippen LogP contribution in [-0.2, 0) is 0 Å². The maximum Gasteiger partial charge on any atom is 0.164 e. The number of aromatic nitrogens is 3. The van der Waals surface area contributed by atoms with Crippen LogP contribution in [0.3, 0.4) is 0 Å². The standard InChI is InChI=1S/C21H17N3/c1-4-10-16(11-5-1)19-22-20(17-12-6-2-7-13-17)24-21(23-19)18-14-8-3-9-15-18/h1-2,4-8,10-15H,3,9H2. The van der Waals surface area contributed by atoms with Crippen molar-refractivity contribution in [3.8, 4) is 22.8 Å². The molecule has 0 N–H and O–H groups in total. The number of hydrogen-bond donors (Lipinski definition) is 0. The molecule has 0 saturated heterocycles. The summed E-state index contributed by atoms with van der Waals surface area (Å²) in [5.74, 6) is 2.15. The van der Waals surface area contributed by atoms with Crippen molar-refractivity contribution in [3.05, 3.63) is 84.7 Å². The number of rotatable bonds is 3. The molecule has 1 heterocycles. The highest BCUT2D eigenvalue weighted by atomic mass is 15.0. The van der Waals surface area contributed by atoms with Crippen molar-refractivity contribution in [2.24, 2.45) is 0 Å². The van der Waals surface area contributed by atoms with Crippen molar-refractivity contribution in [1.82, 2.24) is 15.0 Å². The van der Waals surface area contributed by atoms with Gasteiger partial charge < -0.3 is 0 Å². The first-order valence-electron chi connectivity index (χ1n) is 8.14. The lowest BCUT2D eigenvalue weighted by Crippen LogP contribution is -2.02. The summed E-state index contributed by atoms with van der Waals surface area (Å²) in [6.45, 7) is 0. The van der Waals surface area contributed by atoms with Crippen LogP contribution in [-0.4, -0.2) is 15.0 Å². The van der Waals surface area contributed by atoms with Gasteiger partial charge in [-0.1, -0.05) is 78.9 Å². The smallest absolute Gasteiger partial charge is 0.164 e. The Bertz CT molecular complexity index is 839. The van der Waals surface area contributed by atoms with Crippen LogP contribution in [0.25, 0.3) is 28.3 Å². The van der Waals surface area contributed by atoms with E-state index in [1.54, 1.807) is 0 Å². The summed E-state index contributed by atoms with van der Waals surface area (Å²) < 4.78 is 0. The molecule has 0 amide bonds. The average Bonchev–Trinajstić information content (AvgIpc) is 2.70. The van der Waals surface area contributed by atoms with E-state index in [1.807, 2.05) is 60.7 Å². The van der Waals surface area contributed by atoms with E-state index in [0.717, 1.165) is 35.4 Å². The van der Waals surface area contributed by atoms with Crippen molar-refractivity contribution < 1.29 is 0 Å². The zero-order valence-electron chi connectivity index (χ0n) is 13.3. The summed E-state index contributed by atoms with van der Waals surface area (Å²) in [4.78, 5) is 14.1. The van der Waals surface area contributed by atoms with Crippen LogP contribution in [0.5, 0.6) is 0 Å². The van der Waals surface area contributed by atoms with Crippen LogP contribution in [0.2, 0.25) is 0 Å². The van der Waals surface area contributed by atoms with Gasteiger partial charge >= 0.3 is 0 Å². The van der Waals surface area contributed by atoms with Gasteiger partial charge in [-0.05, 0) is 12.8 Å². The fourth-order valence-corrected chi connectivity index (χ4v) is 2.72. The Morgan fingerprint density at radius 2 is 1.12 bits per heavy atom. The van der Waals surface area contributed by atoms with E-state index in [-0.39, 0.29) is 0 Å². The number of allylic oxidation sites excluding steroid dienone is 4. The van der Waals surface area contributed by atoms with Crippen LogP contribution in [0.4, 0.5) is 0 Å². The number of nitrogens with zero attached hydrogens (tertiary/aromatic N) is 3. The van der Waals surface area contributed by atoms with Gasteiger partial charge in [0.2, 0.25) is 0 Å². The third kappa shape index (κ3) is 3.01. The fraction of sp³-hybridized carbons (Fsp3) is 0.0952. The first-order valence-corrected chi connectivity index (χ1v) is 8.14. The van der Waals surface area contributed by atoms with Crippen molar-refractivity contribution in [1.29, 1.82) is 0 Å². The van der Waals surface area contributed by atoms with Gasteiger partial charge in [0.05, 0.1) is 0 Å². The molecule has 0 atom stereocenters. The van der Waals surface area contributed by atoms with Crippen LogP contribution in [0, 0.1) is 0 Å². The maximum atomic E-state index is 4.71. The molecular formula is C21H17N3. The summed E-state index contributed by atoms with van der Waals surface area (Å²) in [6.07, 6.45) is 8.56. The largest absolute Gasteiger partial charge is 0.208 e. The Labute approximate surface area is 141 Å². The van der Waals surface area contributed by atoms with Crippen molar-refractivity contribution in [2.45, 2.75) is 12.8 Å². The SMILES string of the molecule is C1=CC(c2nc(-c3ccccc3)nc(-c3ccccc3)n2)=CCC1. The van der Waals surface area contributed by atoms with Gasteiger partial charge in [0.15, 0.2) is 17.5 Å². The normalized spacial score (nSPS) is 13.6. The fourth-order valence-electron chi connectivity index (χ4n) is 2.72. The molecular weight excluding hydrogens is 294 g/mol. The molecule has 1 aliphatic rings. The van der Waals surface area contributed by atoms with E-state index in [2.05, 4.69) is 18.2 Å². The Hall–Kier alpha value is -3.07. The molecule has 2 aromatic carbocycles. The maximum absolute atomic E-state index is 4.71. The van der Waals surface area contributed by atoms with Crippen LogP contribution >= 0.6 is 0 Å². The van der Waals surface area contributed by atoms with Gasteiger partial charge in [-0.3, -0.25) is 0 Å². The Balaban J connectivity index is 1.88. The van der Waals surface area contributed by atoms with Crippen molar-refractivity contribution in [3.63, 3.8) is 0 Å². The lowest BCUT2D eigenvalue weighted by atomic mass is 10.1. The lowest BCUT2D eigenvalue weighted by Gasteiger charge is -2.10. The molecule has 3 aromatic rings. The van der Waals surface area contributed by atoms with Crippen LogP contribution < -0.4 is 0 Å². The molecule has 0 bridgehead atoms. The van der Waals surface area contributed by atoms with Crippen LogP contribution in [0.15, 0.2) is 78.9 Å². The topological polar surface area (TPSA) is 38.7 Å². The van der Waals surface area contributed by atoms with E-state index >= 15 is 0 Å². The lowest BCUT2D eigenvalue weighted by molar-refractivity contribution is 1.01.